The second kappa shape index (κ2) is 6.12. The van der Waals surface area contributed by atoms with Gasteiger partial charge in [0, 0.05) is 22.9 Å². The van der Waals surface area contributed by atoms with E-state index in [1.807, 2.05) is 31.2 Å². The van der Waals surface area contributed by atoms with Crippen LogP contribution in [0.15, 0.2) is 29.6 Å². The molecule has 1 amide bonds. The molecule has 120 valence electrons. The molecule has 1 fully saturated rings. The van der Waals surface area contributed by atoms with Crippen LogP contribution in [0, 0.1) is 5.41 Å². The van der Waals surface area contributed by atoms with Gasteiger partial charge in [0.2, 0.25) is 5.91 Å². The monoisotopic (exact) mass is 330 g/mol. The number of nitrogens with zero attached hydrogens (tertiary/aromatic N) is 1. The fourth-order valence-electron chi connectivity index (χ4n) is 2.65. The zero-order valence-electron chi connectivity index (χ0n) is 12.8. The lowest BCUT2D eigenvalue weighted by Crippen LogP contribution is -2.43. The minimum atomic E-state index is -1.02. The maximum atomic E-state index is 12.2. The summed E-state index contributed by atoms with van der Waals surface area (Å²) in [5.41, 5.74) is 1.69. The lowest BCUT2D eigenvalue weighted by molar-refractivity contribution is -0.134. The van der Waals surface area contributed by atoms with Gasteiger partial charge in [-0.15, -0.1) is 11.3 Å². The molecule has 0 spiro atoms. The second-order valence-corrected chi connectivity index (χ2v) is 7.00. The summed E-state index contributed by atoms with van der Waals surface area (Å²) in [6.07, 6.45) is 3.03. The summed E-state index contributed by atoms with van der Waals surface area (Å²) in [6, 6.07) is 7.67. The fraction of sp³-hybridized carbons (Fsp3) is 0.353. The molecule has 0 bridgehead atoms. The van der Waals surface area contributed by atoms with Crippen LogP contribution in [0.4, 0.5) is 0 Å². The average Bonchev–Trinajstić information content (AvgIpc) is 3.01. The normalized spacial score (nSPS) is 15.7. The topological polar surface area (TPSA) is 79.3 Å². The minimum absolute atomic E-state index is 0.0571. The first-order valence-electron chi connectivity index (χ1n) is 7.54. The molecule has 1 aromatic heterocycles. The van der Waals surface area contributed by atoms with Crippen LogP contribution in [0.1, 0.15) is 42.2 Å². The van der Waals surface area contributed by atoms with Gasteiger partial charge in [0.25, 0.3) is 0 Å². The lowest BCUT2D eigenvalue weighted by Gasteiger charge is -2.36. The number of carbonyl (C=O) groups is 2. The number of benzene rings is 1. The number of aromatic nitrogens is 1. The van der Waals surface area contributed by atoms with Crippen molar-refractivity contribution in [2.75, 3.05) is 0 Å². The van der Waals surface area contributed by atoms with Crippen molar-refractivity contribution in [3.63, 3.8) is 0 Å². The smallest absolute Gasteiger partial charge is 0.355 e. The molecule has 3 rings (SSSR count). The number of carbonyl (C=O) groups excluding carboxylic acids is 1. The molecule has 0 radical (unpaired) electrons. The summed E-state index contributed by atoms with van der Waals surface area (Å²) in [4.78, 5) is 27.2. The quantitative estimate of drug-likeness (QED) is 0.881. The molecule has 5 nitrogen and oxygen atoms in total. The van der Waals surface area contributed by atoms with Crippen molar-refractivity contribution in [3.8, 4) is 10.6 Å². The van der Waals surface area contributed by atoms with E-state index in [1.165, 1.54) is 16.7 Å². The van der Waals surface area contributed by atoms with E-state index in [1.54, 1.807) is 0 Å². The Bertz CT molecular complexity index is 750. The van der Waals surface area contributed by atoms with Crippen LogP contribution in [0.25, 0.3) is 10.6 Å². The molecule has 1 heterocycles. The van der Waals surface area contributed by atoms with Crippen molar-refractivity contribution < 1.29 is 14.7 Å². The van der Waals surface area contributed by atoms with Crippen LogP contribution in [-0.2, 0) is 11.3 Å². The summed E-state index contributed by atoms with van der Waals surface area (Å²) < 4.78 is 0. The maximum Gasteiger partial charge on any atom is 0.355 e. The second-order valence-electron chi connectivity index (χ2n) is 6.14. The third-order valence-corrected chi connectivity index (χ3v) is 5.25. The highest BCUT2D eigenvalue weighted by Crippen LogP contribution is 2.40. The fourth-order valence-corrected chi connectivity index (χ4v) is 3.44. The summed E-state index contributed by atoms with van der Waals surface area (Å²) >= 11 is 1.30. The molecule has 0 atom stereocenters. The van der Waals surface area contributed by atoms with Crippen LogP contribution in [0.2, 0.25) is 0 Å². The molecule has 1 aliphatic rings. The van der Waals surface area contributed by atoms with E-state index in [9.17, 15) is 9.59 Å². The number of amides is 1. The number of aromatic carboxylic acids is 1. The van der Waals surface area contributed by atoms with E-state index in [0.717, 1.165) is 30.4 Å². The molecule has 23 heavy (non-hydrogen) atoms. The SMILES string of the molecule is CC1(C(=O)NCc2cccc(-c3nc(C(=O)O)cs3)c2)CCC1. The standard InChI is InChI=1S/C17H18N2O3S/c1-17(6-3-7-17)16(22)18-9-11-4-2-5-12(8-11)14-19-13(10-23-14)15(20)21/h2,4-5,8,10H,3,6-7,9H2,1H3,(H,18,22)(H,20,21). The Hall–Kier alpha value is -2.21. The first-order valence-corrected chi connectivity index (χ1v) is 8.42. The molecule has 0 unspecified atom stereocenters. The highest BCUT2D eigenvalue weighted by molar-refractivity contribution is 7.13. The molecule has 0 saturated heterocycles. The first-order chi connectivity index (χ1) is 11.0. The van der Waals surface area contributed by atoms with Gasteiger partial charge in [0.1, 0.15) is 5.01 Å². The largest absolute Gasteiger partial charge is 0.476 e. The van der Waals surface area contributed by atoms with E-state index in [2.05, 4.69) is 10.3 Å². The Labute approximate surface area is 138 Å². The van der Waals surface area contributed by atoms with Gasteiger partial charge in [-0.3, -0.25) is 4.79 Å². The number of nitrogens with one attached hydrogen (secondary N) is 1. The molecule has 2 N–H and O–H groups in total. The zero-order chi connectivity index (χ0) is 16.4. The Kier molecular flexibility index (Phi) is 4.17. The van der Waals surface area contributed by atoms with Gasteiger partial charge in [-0.25, -0.2) is 9.78 Å². The van der Waals surface area contributed by atoms with Crippen molar-refractivity contribution in [2.45, 2.75) is 32.7 Å². The minimum Gasteiger partial charge on any atom is -0.476 e. The zero-order valence-corrected chi connectivity index (χ0v) is 13.7. The average molecular weight is 330 g/mol. The molecule has 1 aromatic carbocycles. The predicted molar refractivity (Wildman–Crippen MR) is 88.3 cm³/mol. The molecule has 1 saturated carbocycles. The Balaban J connectivity index is 1.69. The van der Waals surface area contributed by atoms with E-state index in [4.69, 9.17) is 5.11 Å². The predicted octanol–water partition coefficient (Wildman–Crippen LogP) is 3.31. The molecule has 6 heteroatoms. The Morgan fingerprint density at radius 3 is 2.78 bits per heavy atom. The molecular formula is C17H18N2O3S. The van der Waals surface area contributed by atoms with Crippen LogP contribution in [0.5, 0.6) is 0 Å². The number of carboxylic acid groups (broad SMARTS) is 1. The number of hydrogen-bond donors (Lipinski definition) is 2. The van der Waals surface area contributed by atoms with Gasteiger partial charge in [-0.2, -0.15) is 0 Å². The van der Waals surface area contributed by atoms with E-state index >= 15 is 0 Å². The van der Waals surface area contributed by atoms with Crippen molar-refractivity contribution in [1.29, 1.82) is 0 Å². The third-order valence-electron chi connectivity index (χ3n) is 4.36. The summed E-state index contributed by atoms with van der Waals surface area (Å²) in [7, 11) is 0. The number of thiazole rings is 1. The molecule has 1 aliphatic carbocycles. The summed E-state index contributed by atoms with van der Waals surface area (Å²) in [5, 5.41) is 14.1. The van der Waals surface area contributed by atoms with Gasteiger partial charge < -0.3 is 10.4 Å². The van der Waals surface area contributed by atoms with Crippen LogP contribution in [-0.4, -0.2) is 22.0 Å². The van der Waals surface area contributed by atoms with Crippen molar-refractivity contribution >= 4 is 23.2 Å². The van der Waals surface area contributed by atoms with Crippen molar-refractivity contribution in [3.05, 3.63) is 40.9 Å². The van der Waals surface area contributed by atoms with Gasteiger partial charge in [-0.05, 0) is 24.5 Å². The Morgan fingerprint density at radius 1 is 1.39 bits per heavy atom. The summed E-state index contributed by atoms with van der Waals surface area (Å²) in [6.45, 7) is 2.48. The molecule has 0 aliphatic heterocycles. The van der Waals surface area contributed by atoms with E-state index in [0.29, 0.717) is 11.6 Å². The van der Waals surface area contributed by atoms with Gasteiger partial charge in [0.05, 0.1) is 0 Å². The van der Waals surface area contributed by atoms with Crippen LogP contribution >= 0.6 is 11.3 Å². The first kappa shape index (κ1) is 15.7. The summed E-state index contributed by atoms with van der Waals surface area (Å²) in [5.74, 6) is -0.916. The highest BCUT2D eigenvalue weighted by atomic mass is 32.1. The van der Waals surface area contributed by atoms with E-state index in [-0.39, 0.29) is 17.0 Å². The number of carboxylic acids is 1. The Morgan fingerprint density at radius 2 is 2.17 bits per heavy atom. The van der Waals surface area contributed by atoms with Gasteiger partial charge in [-0.1, -0.05) is 31.5 Å². The number of rotatable bonds is 5. The molecular weight excluding hydrogens is 312 g/mol. The third kappa shape index (κ3) is 3.27. The van der Waals surface area contributed by atoms with Gasteiger partial charge >= 0.3 is 5.97 Å². The van der Waals surface area contributed by atoms with E-state index < -0.39 is 5.97 Å². The lowest BCUT2D eigenvalue weighted by atomic mass is 9.70. The van der Waals surface area contributed by atoms with Gasteiger partial charge in [0.15, 0.2) is 5.69 Å². The number of hydrogen-bond acceptors (Lipinski definition) is 4. The maximum absolute atomic E-state index is 12.2. The van der Waals surface area contributed by atoms with Crippen molar-refractivity contribution in [2.24, 2.45) is 5.41 Å². The van der Waals surface area contributed by atoms with Crippen molar-refractivity contribution in [1.82, 2.24) is 10.3 Å². The molecule has 2 aromatic rings. The van der Waals surface area contributed by atoms with Crippen LogP contribution < -0.4 is 5.32 Å². The highest BCUT2D eigenvalue weighted by Gasteiger charge is 2.38. The van der Waals surface area contributed by atoms with Crippen LogP contribution in [0.3, 0.4) is 0 Å².